The third kappa shape index (κ3) is 2.00. The van der Waals surface area contributed by atoms with Gasteiger partial charge in [-0.3, -0.25) is 0 Å². The molecule has 0 amide bonds. The van der Waals surface area contributed by atoms with Crippen LogP contribution in [0.3, 0.4) is 0 Å². The molecule has 0 aliphatic carbocycles. The van der Waals surface area contributed by atoms with Gasteiger partial charge in [-0.2, -0.15) is 5.10 Å². The number of hydrogen-bond acceptors (Lipinski definition) is 3. The summed E-state index contributed by atoms with van der Waals surface area (Å²) in [6, 6.07) is 6.02. The predicted molar refractivity (Wildman–Crippen MR) is 62.9 cm³/mol. The van der Waals surface area contributed by atoms with Crippen LogP contribution in [0.4, 0.5) is 0 Å². The smallest absolute Gasteiger partial charge is 0.423 e. The molecule has 2 N–H and O–H groups in total. The van der Waals surface area contributed by atoms with E-state index in [0.29, 0.717) is 5.46 Å². The first-order valence-corrected chi connectivity index (χ1v) is 5.06. The number of aryl methyl sites for hydroxylation is 2. The number of aromatic nitrogens is 2. The summed E-state index contributed by atoms with van der Waals surface area (Å²) in [5.41, 5.74) is 3.62. The Labute approximate surface area is 94.3 Å². The second-order valence-electron chi connectivity index (χ2n) is 3.88. The third-order valence-electron chi connectivity index (χ3n) is 2.50. The molecule has 1 aromatic heterocycles. The lowest BCUT2D eigenvalue weighted by Crippen LogP contribution is -2.28. The van der Waals surface area contributed by atoms with Gasteiger partial charge in [0, 0.05) is 17.9 Å². The van der Waals surface area contributed by atoms with Crippen LogP contribution in [0.15, 0.2) is 30.6 Å². The highest BCUT2D eigenvalue weighted by atomic mass is 16.4. The van der Waals surface area contributed by atoms with E-state index in [1.807, 2.05) is 26.0 Å². The Morgan fingerprint density at radius 1 is 1.25 bits per heavy atom. The maximum Gasteiger partial charge on any atom is 0.491 e. The van der Waals surface area contributed by atoms with Crippen LogP contribution in [-0.2, 0) is 0 Å². The number of benzene rings is 1. The molecule has 0 unspecified atom stereocenters. The van der Waals surface area contributed by atoms with Crippen LogP contribution >= 0.6 is 0 Å². The van der Waals surface area contributed by atoms with E-state index in [4.69, 9.17) is 10.0 Å². The molecule has 2 rings (SSSR count). The second kappa shape index (κ2) is 4.12. The Kier molecular flexibility index (Phi) is 2.81. The standard InChI is InChI=1S/C11H13BN2O2/c1-8-3-4-11(9(2)5-8)14-7-10(6-13-14)12(15)16/h3-7,15-16H,1-2H3. The van der Waals surface area contributed by atoms with Gasteiger partial charge in [0.25, 0.3) is 0 Å². The quantitative estimate of drug-likeness (QED) is 0.703. The van der Waals surface area contributed by atoms with Gasteiger partial charge >= 0.3 is 7.12 Å². The topological polar surface area (TPSA) is 58.3 Å². The van der Waals surface area contributed by atoms with Crippen molar-refractivity contribution in [3.8, 4) is 5.69 Å². The molecule has 0 spiro atoms. The van der Waals surface area contributed by atoms with Crippen molar-refractivity contribution < 1.29 is 10.0 Å². The molecule has 0 aliphatic rings. The predicted octanol–water partition coefficient (Wildman–Crippen LogP) is 0.169. The van der Waals surface area contributed by atoms with Gasteiger partial charge < -0.3 is 10.0 Å². The highest BCUT2D eigenvalue weighted by molar-refractivity contribution is 6.58. The summed E-state index contributed by atoms with van der Waals surface area (Å²) >= 11 is 0. The van der Waals surface area contributed by atoms with Gasteiger partial charge in [-0.15, -0.1) is 0 Å². The summed E-state index contributed by atoms with van der Waals surface area (Å²) in [4.78, 5) is 0. The van der Waals surface area contributed by atoms with Gasteiger partial charge in [0.1, 0.15) is 0 Å². The van der Waals surface area contributed by atoms with Crippen molar-refractivity contribution in [2.24, 2.45) is 0 Å². The molecule has 0 radical (unpaired) electrons. The average Bonchev–Trinajstić information content (AvgIpc) is 2.66. The van der Waals surface area contributed by atoms with Crippen molar-refractivity contribution in [3.05, 3.63) is 41.7 Å². The van der Waals surface area contributed by atoms with Gasteiger partial charge in [-0.05, 0) is 25.5 Å². The van der Waals surface area contributed by atoms with E-state index in [-0.39, 0.29) is 0 Å². The van der Waals surface area contributed by atoms with Gasteiger partial charge in [0.05, 0.1) is 5.69 Å². The summed E-state index contributed by atoms with van der Waals surface area (Å²) in [7, 11) is -1.47. The fourth-order valence-electron chi connectivity index (χ4n) is 1.66. The van der Waals surface area contributed by atoms with Crippen molar-refractivity contribution in [2.75, 3.05) is 0 Å². The van der Waals surface area contributed by atoms with Gasteiger partial charge in [0.15, 0.2) is 0 Å². The highest BCUT2D eigenvalue weighted by Gasteiger charge is 2.14. The molecule has 5 heteroatoms. The lowest BCUT2D eigenvalue weighted by atomic mass is 9.83. The lowest BCUT2D eigenvalue weighted by molar-refractivity contribution is 0.426. The molecule has 0 saturated heterocycles. The van der Waals surface area contributed by atoms with Gasteiger partial charge in [0.2, 0.25) is 0 Å². The summed E-state index contributed by atoms with van der Waals surface area (Å²) < 4.78 is 1.64. The maximum atomic E-state index is 9.00. The van der Waals surface area contributed by atoms with Crippen molar-refractivity contribution in [2.45, 2.75) is 13.8 Å². The minimum atomic E-state index is -1.47. The maximum absolute atomic E-state index is 9.00. The van der Waals surface area contributed by atoms with Crippen LogP contribution in [-0.4, -0.2) is 26.9 Å². The molecule has 0 saturated carbocycles. The van der Waals surface area contributed by atoms with E-state index in [1.165, 1.54) is 11.8 Å². The molecule has 0 aliphatic heterocycles. The van der Waals surface area contributed by atoms with E-state index in [2.05, 4.69) is 11.2 Å². The molecule has 0 bridgehead atoms. The average molecular weight is 216 g/mol. The minimum Gasteiger partial charge on any atom is -0.423 e. The normalized spacial score (nSPS) is 10.5. The van der Waals surface area contributed by atoms with E-state index in [1.54, 1.807) is 10.9 Å². The van der Waals surface area contributed by atoms with Crippen LogP contribution in [0, 0.1) is 13.8 Å². The molecule has 1 heterocycles. The first kappa shape index (κ1) is 10.9. The summed E-state index contributed by atoms with van der Waals surface area (Å²) in [6.07, 6.45) is 3.06. The van der Waals surface area contributed by atoms with Gasteiger partial charge in [-0.25, -0.2) is 4.68 Å². The Bertz CT molecular complexity index is 508. The Morgan fingerprint density at radius 3 is 2.56 bits per heavy atom. The fraction of sp³-hybridized carbons (Fsp3) is 0.182. The third-order valence-corrected chi connectivity index (χ3v) is 2.50. The summed E-state index contributed by atoms with van der Waals surface area (Å²) in [5, 5.41) is 22.1. The Balaban J connectivity index is 2.42. The van der Waals surface area contributed by atoms with Crippen molar-refractivity contribution >= 4 is 12.6 Å². The Hall–Kier alpha value is -1.59. The van der Waals surface area contributed by atoms with Crippen molar-refractivity contribution in [1.29, 1.82) is 0 Å². The molecule has 1 aromatic carbocycles. The summed E-state index contributed by atoms with van der Waals surface area (Å²) in [5.74, 6) is 0. The van der Waals surface area contributed by atoms with Crippen LogP contribution in [0.5, 0.6) is 0 Å². The molecule has 4 nitrogen and oxygen atoms in total. The van der Waals surface area contributed by atoms with E-state index in [0.717, 1.165) is 11.3 Å². The molecule has 0 atom stereocenters. The fourth-order valence-corrected chi connectivity index (χ4v) is 1.66. The lowest BCUT2D eigenvalue weighted by Gasteiger charge is -2.06. The first-order chi connectivity index (χ1) is 7.58. The molecular formula is C11H13BN2O2. The van der Waals surface area contributed by atoms with Crippen LogP contribution in [0.25, 0.3) is 5.69 Å². The summed E-state index contributed by atoms with van der Waals surface area (Å²) in [6.45, 7) is 4.03. The highest BCUT2D eigenvalue weighted by Crippen LogP contribution is 2.13. The molecule has 0 fully saturated rings. The van der Waals surface area contributed by atoms with Crippen LogP contribution in [0.2, 0.25) is 0 Å². The SMILES string of the molecule is Cc1ccc(-n2cc(B(O)O)cn2)c(C)c1. The second-order valence-corrected chi connectivity index (χ2v) is 3.88. The first-order valence-electron chi connectivity index (χ1n) is 5.06. The number of hydrogen-bond donors (Lipinski definition) is 2. The van der Waals surface area contributed by atoms with E-state index < -0.39 is 7.12 Å². The zero-order chi connectivity index (χ0) is 11.7. The zero-order valence-electron chi connectivity index (χ0n) is 9.25. The Morgan fingerprint density at radius 2 is 2.00 bits per heavy atom. The van der Waals surface area contributed by atoms with Gasteiger partial charge in [-0.1, -0.05) is 17.7 Å². The molecule has 82 valence electrons. The molecule has 16 heavy (non-hydrogen) atoms. The largest absolute Gasteiger partial charge is 0.491 e. The van der Waals surface area contributed by atoms with Crippen molar-refractivity contribution in [1.82, 2.24) is 9.78 Å². The monoisotopic (exact) mass is 216 g/mol. The van der Waals surface area contributed by atoms with E-state index >= 15 is 0 Å². The molecule has 2 aromatic rings. The number of nitrogens with zero attached hydrogens (tertiary/aromatic N) is 2. The number of rotatable bonds is 2. The van der Waals surface area contributed by atoms with Crippen LogP contribution < -0.4 is 5.46 Å². The minimum absolute atomic E-state index is 0.389. The van der Waals surface area contributed by atoms with Crippen LogP contribution in [0.1, 0.15) is 11.1 Å². The zero-order valence-corrected chi connectivity index (χ0v) is 9.25. The van der Waals surface area contributed by atoms with Crippen molar-refractivity contribution in [3.63, 3.8) is 0 Å². The molecular weight excluding hydrogens is 203 g/mol. The van der Waals surface area contributed by atoms with E-state index in [9.17, 15) is 0 Å².